The molecule has 0 amide bonds. The quantitative estimate of drug-likeness (QED) is 0.867. The Kier molecular flexibility index (Phi) is 5.31. The Balaban J connectivity index is 1.97. The fourth-order valence-electron chi connectivity index (χ4n) is 2.35. The number of anilines is 1. The Labute approximate surface area is 119 Å². The van der Waals surface area contributed by atoms with E-state index in [2.05, 4.69) is 28.5 Å². The third kappa shape index (κ3) is 4.27. The summed E-state index contributed by atoms with van der Waals surface area (Å²) in [6, 6.07) is 2.39. The minimum absolute atomic E-state index is 0.498. The van der Waals surface area contributed by atoms with Gasteiger partial charge in [0.1, 0.15) is 0 Å². The van der Waals surface area contributed by atoms with Crippen LogP contribution in [0, 0.1) is 6.92 Å². The van der Waals surface area contributed by atoms with Crippen LogP contribution in [-0.2, 0) is 0 Å². The molecule has 1 aliphatic rings. The number of ether oxygens (including phenoxy) is 1. The van der Waals surface area contributed by atoms with Crippen molar-refractivity contribution in [2.75, 3.05) is 18.2 Å². The largest absolute Gasteiger partial charge is 0.478 e. The Morgan fingerprint density at radius 2 is 2.26 bits per heavy atom. The van der Waals surface area contributed by atoms with Crippen LogP contribution < -0.4 is 10.1 Å². The molecule has 2 atom stereocenters. The first-order chi connectivity index (χ1) is 9.21. The van der Waals surface area contributed by atoms with Crippen LogP contribution in [0.25, 0.3) is 0 Å². The summed E-state index contributed by atoms with van der Waals surface area (Å²) in [5, 5.41) is 4.22. The molecule has 2 unspecified atom stereocenters. The number of nitrogens with zero attached hydrogens (tertiary/aromatic N) is 2. The lowest BCUT2D eigenvalue weighted by Gasteiger charge is -2.14. The molecule has 0 spiro atoms. The molecule has 1 aromatic rings. The molecule has 1 fully saturated rings. The highest BCUT2D eigenvalue weighted by Gasteiger charge is 2.24. The van der Waals surface area contributed by atoms with Crippen LogP contribution in [0.3, 0.4) is 0 Å². The average molecular weight is 281 g/mol. The lowest BCUT2D eigenvalue weighted by atomic mass is 10.2. The zero-order valence-corrected chi connectivity index (χ0v) is 12.8. The maximum absolute atomic E-state index is 5.59. The van der Waals surface area contributed by atoms with Gasteiger partial charge in [0.25, 0.3) is 0 Å². The van der Waals surface area contributed by atoms with Gasteiger partial charge in [0.15, 0.2) is 0 Å². The van der Waals surface area contributed by atoms with Crippen LogP contribution in [0.2, 0.25) is 0 Å². The van der Waals surface area contributed by atoms with E-state index in [0.717, 1.165) is 17.4 Å². The molecule has 1 N–H and O–H groups in total. The molecule has 19 heavy (non-hydrogen) atoms. The van der Waals surface area contributed by atoms with Crippen LogP contribution in [-0.4, -0.2) is 34.1 Å². The van der Waals surface area contributed by atoms with Gasteiger partial charge in [0.2, 0.25) is 11.8 Å². The topological polar surface area (TPSA) is 47.0 Å². The molecule has 0 saturated heterocycles. The van der Waals surface area contributed by atoms with E-state index >= 15 is 0 Å². The molecule has 4 nitrogen and oxygen atoms in total. The summed E-state index contributed by atoms with van der Waals surface area (Å²) < 4.78 is 5.59. The number of aromatic nitrogens is 2. The standard InChI is InChI=1S/C14H23N3OS/c1-4-7-18-13-8-10(2)15-14(17-13)16-11-5-6-12(9-11)19-3/h8,11-12H,4-7,9H2,1-3H3,(H,15,16,17). The fraction of sp³-hybridized carbons (Fsp3) is 0.714. The van der Waals surface area contributed by atoms with Gasteiger partial charge in [-0.15, -0.1) is 0 Å². The third-order valence-electron chi connectivity index (χ3n) is 3.34. The van der Waals surface area contributed by atoms with Crippen molar-refractivity contribution in [1.82, 2.24) is 9.97 Å². The molecule has 0 radical (unpaired) electrons. The maximum atomic E-state index is 5.59. The highest BCUT2D eigenvalue weighted by atomic mass is 32.2. The number of nitrogens with one attached hydrogen (secondary N) is 1. The monoisotopic (exact) mass is 281 g/mol. The average Bonchev–Trinajstić information content (AvgIpc) is 2.83. The molecule has 0 aromatic carbocycles. The second-order valence-electron chi connectivity index (χ2n) is 5.03. The van der Waals surface area contributed by atoms with Gasteiger partial charge in [-0.3, -0.25) is 0 Å². The summed E-state index contributed by atoms with van der Waals surface area (Å²) in [6.07, 6.45) is 6.86. The van der Waals surface area contributed by atoms with Gasteiger partial charge in [0.05, 0.1) is 6.61 Å². The molecule has 1 saturated carbocycles. The van der Waals surface area contributed by atoms with Crippen molar-refractivity contribution >= 4 is 17.7 Å². The van der Waals surface area contributed by atoms with Crippen molar-refractivity contribution in [2.45, 2.75) is 50.8 Å². The Bertz CT molecular complexity index is 414. The van der Waals surface area contributed by atoms with E-state index < -0.39 is 0 Å². The number of thioether (sulfide) groups is 1. The summed E-state index contributed by atoms with van der Waals surface area (Å²) in [6.45, 7) is 4.77. The first-order valence-corrected chi connectivity index (χ1v) is 8.28. The van der Waals surface area contributed by atoms with E-state index in [-0.39, 0.29) is 0 Å². The van der Waals surface area contributed by atoms with E-state index in [0.29, 0.717) is 24.5 Å². The van der Waals surface area contributed by atoms with Crippen LogP contribution in [0.1, 0.15) is 38.3 Å². The molecule has 1 heterocycles. The van der Waals surface area contributed by atoms with Gasteiger partial charge >= 0.3 is 0 Å². The highest BCUT2D eigenvalue weighted by molar-refractivity contribution is 7.99. The minimum Gasteiger partial charge on any atom is -0.478 e. The Morgan fingerprint density at radius 1 is 1.42 bits per heavy atom. The van der Waals surface area contributed by atoms with Crippen molar-refractivity contribution in [2.24, 2.45) is 0 Å². The van der Waals surface area contributed by atoms with E-state index in [1.165, 1.54) is 19.3 Å². The van der Waals surface area contributed by atoms with Gasteiger partial charge in [-0.25, -0.2) is 4.98 Å². The van der Waals surface area contributed by atoms with Crippen molar-refractivity contribution in [3.63, 3.8) is 0 Å². The van der Waals surface area contributed by atoms with E-state index in [1.54, 1.807) is 0 Å². The van der Waals surface area contributed by atoms with Crippen LogP contribution >= 0.6 is 11.8 Å². The molecule has 0 aliphatic heterocycles. The maximum Gasteiger partial charge on any atom is 0.226 e. The SMILES string of the molecule is CCCOc1cc(C)nc(NC2CCC(SC)C2)n1. The second-order valence-corrected chi connectivity index (χ2v) is 6.17. The van der Waals surface area contributed by atoms with Gasteiger partial charge in [-0.2, -0.15) is 16.7 Å². The number of hydrogen-bond donors (Lipinski definition) is 1. The third-order valence-corrected chi connectivity index (χ3v) is 4.43. The summed E-state index contributed by atoms with van der Waals surface area (Å²) in [5.74, 6) is 1.38. The van der Waals surface area contributed by atoms with E-state index in [9.17, 15) is 0 Å². The van der Waals surface area contributed by atoms with Crippen molar-refractivity contribution in [1.29, 1.82) is 0 Å². The summed E-state index contributed by atoms with van der Waals surface area (Å²) >= 11 is 1.96. The van der Waals surface area contributed by atoms with E-state index in [4.69, 9.17) is 4.74 Å². The molecule has 106 valence electrons. The predicted molar refractivity (Wildman–Crippen MR) is 81.1 cm³/mol. The van der Waals surface area contributed by atoms with Gasteiger partial charge in [0, 0.05) is 23.1 Å². The lowest BCUT2D eigenvalue weighted by Crippen LogP contribution is -2.18. The van der Waals surface area contributed by atoms with E-state index in [1.807, 2.05) is 24.8 Å². The number of hydrogen-bond acceptors (Lipinski definition) is 5. The summed E-state index contributed by atoms with van der Waals surface area (Å²) in [7, 11) is 0. The number of aryl methyl sites for hydroxylation is 1. The first kappa shape index (κ1) is 14.4. The zero-order chi connectivity index (χ0) is 13.7. The Morgan fingerprint density at radius 3 is 2.95 bits per heavy atom. The second kappa shape index (κ2) is 6.98. The number of rotatable bonds is 6. The molecule has 2 rings (SSSR count). The van der Waals surface area contributed by atoms with Crippen molar-refractivity contribution in [3.8, 4) is 5.88 Å². The molecule has 1 aromatic heterocycles. The lowest BCUT2D eigenvalue weighted by molar-refractivity contribution is 0.305. The first-order valence-electron chi connectivity index (χ1n) is 6.99. The van der Waals surface area contributed by atoms with Crippen molar-refractivity contribution < 1.29 is 4.74 Å². The molecule has 1 aliphatic carbocycles. The molecular formula is C14H23N3OS. The highest BCUT2D eigenvalue weighted by Crippen LogP contribution is 2.29. The molecule has 5 heteroatoms. The van der Waals surface area contributed by atoms with Gasteiger partial charge in [-0.05, 0) is 38.9 Å². The predicted octanol–water partition coefficient (Wildman–Crippen LogP) is 3.27. The van der Waals surface area contributed by atoms with Crippen molar-refractivity contribution in [3.05, 3.63) is 11.8 Å². The summed E-state index contributed by atoms with van der Waals surface area (Å²) in [5.41, 5.74) is 0.947. The molecular weight excluding hydrogens is 258 g/mol. The van der Waals surface area contributed by atoms with Crippen LogP contribution in [0.4, 0.5) is 5.95 Å². The normalized spacial score (nSPS) is 22.5. The minimum atomic E-state index is 0.498. The molecule has 0 bridgehead atoms. The summed E-state index contributed by atoms with van der Waals surface area (Å²) in [4.78, 5) is 8.88. The van der Waals surface area contributed by atoms with Crippen LogP contribution in [0.5, 0.6) is 5.88 Å². The van der Waals surface area contributed by atoms with Gasteiger partial charge in [-0.1, -0.05) is 6.92 Å². The zero-order valence-electron chi connectivity index (χ0n) is 12.0. The van der Waals surface area contributed by atoms with Crippen LogP contribution in [0.15, 0.2) is 6.07 Å². The smallest absolute Gasteiger partial charge is 0.226 e. The fourth-order valence-corrected chi connectivity index (χ4v) is 3.15. The van der Waals surface area contributed by atoms with Gasteiger partial charge < -0.3 is 10.1 Å². The Hall–Kier alpha value is -0.970.